The van der Waals surface area contributed by atoms with Crippen molar-refractivity contribution >= 4 is 11.9 Å². The van der Waals surface area contributed by atoms with Crippen molar-refractivity contribution in [2.45, 2.75) is 12.3 Å². The van der Waals surface area contributed by atoms with E-state index in [9.17, 15) is 14.7 Å². The fraction of sp³-hybridized carbons (Fsp3) is 0.579. The number of hydrogen-bond acceptors (Lipinski definition) is 5. The van der Waals surface area contributed by atoms with Crippen molar-refractivity contribution < 1.29 is 24.2 Å². The van der Waals surface area contributed by atoms with Crippen molar-refractivity contribution in [1.82, 2.24) is 9.80 Å². The molecule has 1 amide bonds. The summed E-state index contributed by atoms with van der Waals surface area (Å²) in [5, 5.41) is 9.90. The second-order valence-electron chi connectivity index (χ2n) is 7.16. The molecule has 0 aromatic heterocycles. The maximum absolute atomic E-state index is 12.7. The van der Waals surface area contributed by atoms with Crippen LogP contribution in [0, 0.1) is 5.41 Å². The van der Waals surface area contributed by atoms with Gasteiger partial charge in [0.15, 0.2) is 0 Å². The van der Waals surface area contributed by atoms with Crippen molar-refractivity contribution in [3.8, 4) is 5.75 Å². The third kappa shape index (κ3) is 3.41. The van der Waals surface area contributed by atoms with Crippen LogP contribution in [0.4, 0.5) is 0 Å². The van der Waals surface area contributed by atoms with Crippen LogP contribution in [0.15, 0.2) is 24.3 Å². The van der Waals surface area contributed by atoms with Crippen molar-refractivity contribution in [2.75, 3.05) is 53.6 Å². The summed E-state index contributed by atoms with van der Waals surface area (Å²) in [5.74, 6) is -0.422. The first-order valence-electron chi connectivity index (χ1n) is 8.88. The number of carboxylic acids is 1. The number of carbonyl (C=O) groups excluding carboxylic acids is 1. The monoisotopic (exact) mass is 362 g/mol. The van der Waals surface area contributed by atoms with Crippen molar-refractivity contribution in [1.29, 1.82) is 0 Å². The molecule has 0 saturated carbocycles. The summed E-state index contributed by atoms with van der Waals surface area (Å²) in [6.45, 7) is 2.71. The minimum absolute atomic E-state index is 0.0122. The molecule has 1 aromatic carbocycles. The molecule has 26 heavy (non-hydrogen) atoms. The lowest BCUT2D eigenvalue weighted by molar-refractivity contribution is -0.152. The molecule has 0 aliphatic carbocycles. The summed E-state index contributed by atoms with van der Waals surface area (Å²) in [5.41, 5.74) is -0.181. The van der Waals surface area contributed by atoms with Gasteiger partial charge in [0.25, 0.3) is 0 Å². The normalized spacial score (nSPS) is 24.1. The number of fused-ring (bicyclic) bond motifs is 3. The lowest BCUT2D eigenvalue weighted by Crippen LogP contribution is -2.46. The van der Waals surface area contributed by atoms with Gasteiger partial charge in [-0.3, -0.25) is 9.59 Å². The van der Waals surface area contributed by atoms with Gasteiger partial charge in [-0.1, -0.05) is 18.2 Å². The quantitative estimate of drug-likeness (QED) is 0.781. The fourth-order valence-electron chi connectivity index (χ4n) is 3.83. The molecule has 0 unspecified atom stereocenters. The van der Waals surface area contributed by atoms with Gasteiger partial charge in [0.1, 0.15) is 17.8 Å². The molecule has 2 atom stereocenters. The van der Waals surface area contributed by atoms with Crippen molar-refractivity contribution in [2.24, 2.45) is 5.41 Å². The van der Waals surface area contributed by atoms with Crippen molar-refractivity contribution in [3.05, 3.63) is 29.8 Å². The third-order valence-electron chi connectivity index (χ3n) is 5.49. The number of carboxylic acid groups (broad SMARTS) is 1. The van der Waals surface area contributed by atoms with E-state index in [-0.39, 0.29) is 25.0 Å². The van der Waals surface area contributed by atoms with Gasteiger partial charge in [0, 0.05) is 51.2 Å². The van der Waals surface area contributed by atoms with E-state index < -0.39 is 11.4 Å². The Bertz CT molecular complexity index is 680. The largest absolute Gasteiger partial charge is 0.492 e. The Morgan fingerprint density at radius 1 is 1.38 bits per heavy atom. The summed E-state index contributed by atoms with van der Waals surface area (Å²) in [7, 11) is 3.59. The second-order valence-corrected chi connectivity index (χ2v) is 7.16. The molecule has 3 rings (SSSR count). The topological polar surface area (TPSA) is 79.3 Å². The minimum atomic E-state index is -1.06. The minimum Gasteiger partial charge on any atom is -0.492 e. The summed E-state index contributed by atoms with van der Waals surface area (Å²) in [6.07, 6.45) is 0.366. The number of likely N-dealkylation sites (tertiary alicyclic amines) is 1. The van der Waals surface area contributed by atoms with Gasteiger partial charge < -0.3 is 24.4 Å². The first-order valence-corrected chi connectivity index (χ1v) is 8.88. The SMILES string of the molecule is COCCN(C)CCC(=O)N1C[C@@H]2c3ccccc3OC[C@]2(C(=O)O)C1. The van der Waals surface area contributed by atoms with E-state index in [1.807, 2.05) is 36.2 Å². The number of amides is 1. The predicted molar refractivity (Wildman–Crippen MR) is 95.3 cm³/mol. The first kappa shape index (κ1) is 18.7. The standard InChI is InChI=1S/C19H26N2O5/c1-20(9-10-25-2)8-7-17(22)21-11-15-14-5-3-4-6-16(14)26-13-19(15,12-21)18(23)24/h3-6,15H,7-13H2,1-2H3,(H,23,24)/t15-,19-/m1/s1. The van der Waals surface area contributed by atoms with Gasteiger partial charge >= 0.3 is 5.97 Å². The number of carbonyl (C=O) groups is 2. The van der Waals surface area contributed by atoms with Gasteiger partial charge in [0.2, 0.25) is 5.91 Å². The molecular formula is C19H26N2O5. The zero-order chi connectivity index (χ0) is 18.7. The number of nitrogens with zero attached hydrogens (tertiary/aromatic N) is 2. The number of methoxy groups -OCH3 is 1. The van der Waals surface area contributed by atoms with Crippen LogP contribution in [-0.4, -0.2) is 80.3 Å². The van der Waals surface area contributed by atoms with E-state index in [1.165, 1.54) is 0 Å². The molecule has 0 spiro atoms. The number of benzene rings is 1. The van der Waals surface area contributed by atoms with Crippen molar-refractivity contribution in [3.63, 3.8) is 0 Å². The maximum Gasteiger partial charge on any atom is 0.315 e. The lowest BCUT2D eigenvalue weighted by atomic mass is 9.73. The Labute approximate surface area is 153 Å². The molecule has 1 N–H and O–H groups in total. The second kappa shape index (κ2) is 7.63. The van der Waals surface area contributed by atoms with E-state index in [0.29, 0.717) is 26.1 Å². The zero-order valence-corrected chi connectivity index (χ0v) is 15.3. The maximum atomic E-state index is 12.7. The van der Waals surface area contributed by atoms with Gasteiger partial charge in [0.05, 0.1) is 6.61 Å². The van der Waals surface area contributed by atoms with E-state index in [2.05, 4.69) is 0 Å². The Hall–Kier alpha value is -2.12. The fourth-order valence-corrected chi connectivity index (χ4v) is 3.83. The highest BCUT2D eigenvalue weighted by molar-refractivity contribution is 5.83. The highest BCUT2D eigenvalue weighted by Crippen LogP contribution is 2.49. The van der Waals surface area contributed by atoms with Gasteiger partial charge in [-0.05, 0) is 13.1 Å². The molecular weight excluding hydrogens is 336 g/mol. The van der Waals surface area contributed by atoms with Crippen LogP contribution in [0.25, 0.3) is 0 Å². The van der Waals surface area contributed by atoms with Crippen LogP contribution in [0.3, 0.4) is 0 Å². The number of para-hydroxylation sites is 1. The van der Waals surface area contributed by atoms with Crippen LogP contribution >= 0.6 is 0 Å². The smallest absolute Gasteiger partial charge is 0.315 e. The Kier molecular flexibility index (Phi) is 5.48. The van der Waals surface area contributed by atoms with Crippen LogP contribution in [0.1, 0.15) is 17.9 Å². The van der Waals surface area contributed by atoms with Crippen LogP contribution in [0.2, 0.25) is 0 Å². The number of hydrogen-bond donors (Lipinski definition) is 1. The van der Waals surface area contributed by atoms with Crippen LogP contribution in [-0.2, 0) is 14.3 Å². The van der Waals surface area contributed by atoms with Gasteiger partial charge in [-0.25, -0.2) is 0 Å². The van der Waals surface area contributed by atoms with E-state index in [0.717, 1.165) is 17.9 Å². The number of rotatable bonds is 7. The Balaban J connectivity index is 1.71. The highest BCUT2D eigenvalue weighted by Gasteiger charge is 2.57. The molecule has 0 bridgehead atoms. The molecule has 7 nitrogen and oxygen atoms in total. The molecule has 7 heteroatoms. The molecule has 1 fully saturated rings. The van der Waals surface area contributed by atoms with Crippen LogP contribution in [0.5, 0.6) is 5.75 Å². The molecule has 1 aromatic rings. The lowest BCUT2D eigenvalue weighted by Gasteiger charge is -2.35. The molecule has 0 radical (unpaired) electrons. The summed E-state index contributed by atoms with van der Waals surface area (Å²) < 4.78 is 10.8. The number of ether oxygens (including phenoxy) is 2. The number of aliphatic carboxylic acids is 1. The highest BCUT2D eigenvalue weighted by atomic mass is 16.5. The summed E-state index contributed by atoms with van der Waals surface area (Å²) in [4.78, 5) is 28.5. The van der Waals surface area contributed by atoms with Gasteiger partial charge in [-0.15, -0.1) is 0 Å². The van der Waals surface area contributed by atoms with Crippen LogP contribution < -0.4 is 4.74 Å². The molecule has 142 valence electrons. The Morgan fingerprint density at radius 3 is 2.88 bits per heavy atom. The molecule has 2 aliphatic heterocycles. The average Bonchev–Trinajstić information content (AvgIpc) is 3.06. The third-order valence-corrected chi connectivity index (χ3v) is 5.49. The molecule has 2 aliphatic rings. The molecule has 1 saturated heterocycles. The van der Waals surface area contributed by atoms with Gasteiger partial charge in [-0.2, -0.15) is 0 Å². The Morgan fingerprint density at radius 2 is 2.15 bits per heavy atom. The first-order chi connectivity index (χ1) is 12.5. The van der Waals surface area contributed by atoms with E-state index in [1.54, 1.807) is 12.0 Å². The van der Waals surface area contributed by atoms with E-state index >= 15 is 0 Å². The van der Waals surface area contributed by atoms with E-state index in [4.69, 9.17) is 9.47 Å². The predicted octanol–water partition coefficient (Wildman–Crippen LogP) is 1.04. The summed E-state index contributed by atoms with van der Waals surface area (Å²) >= 11 is 0. The average molecular weight is 362 g/mol. The summed E-state index contributed by atoms with van der Waals surface area (Å²) in [6, 6.07) is 7.52. The molecule has 2 heterocycles. The number of likely N-dealkylation sites (N-methyl/N-ethyl adjacent to an activating group) is 1. The zero-order valence-electron chi connectivity index (χ0n) is 15.3.